The molecule has 0 aliphatic carbocycles. The van der Waals surface area contributed by atoms with Crippen LogP contribution in [0.1, 0.15) is 24.5 Å². The number of amides is 1. The zero-order valence-electron chi connectivity index (χ0n) is 17.8. The number of ether oxygens (including phenoxy) is 1. The summed E-state index contributed by atoms with van der Waals surface area (Å²) in [7, 11) is 1.42. The summed E-state index contributed by atoms with van der Waals surface area (Å²) in [6, 6.07) is 13.9. The van der Waals surface area contributed by atoms with Crippen molar-refractivity contribution in [2.45, 2.75) is 18.8 Å². The van der Waals surface area contributed by atoms with Crippen LogP contribution in [0.15, 0.2) is 60.9 Å². The van der Waals surface area contributed by atoms with E-state index >= 15 is 0 Å². The first-order chi connectivity index (χ1) is 16.0. The summed E-state index contributed by atoms with van der Waals surface area (Å²) in [4.78, 5) is 28.5. The Morgan fingerprint density at radius 2 is 1.91 bits per heavy atom. The van der Waals surface area contributed by atoms with Crippen LogP contribution in [0.3, 0.4) is 0 Å². The molecule has 0 saturated carbocycles. The van der Waals surface area contributed by atoms with Crippen LogP contribution in [0.5, 0.6) is 5.75 Å². The van der Waals surface area contributed by atoms with Gasteiger partial charge in [-0.15, -0.1) is 0 Å². The van der Waals surface area contributed by atoms with E-state index < -0.39 is 5.82 Å². The Morgan fingerprint density at radius 1 is 1.09 bits per heavy atom. The quantitative estimate of drug-likeness (QED) is 0.406. The van der Waals surface area contributed by atoms with Crippen LogP contribution in [-0.2, 0) is 4.79 Å². The van der Waals surface area contributed by atoms with Gasteiger partial charge in [0.2, 0.25) is 5.91 Å². The first-order valence-electron chi connectivity index (χ1n) is 10.5. The molecule has 3 heterocycles. The van der Waals surface area contributed by atoms with Crippen molar-refractivity contribution in [1.29, 1.82) is 0 Å². The molecule has 0 radical (unpaired) electrons. The van der Waals surface area contributed by atoms with Crippen molar-refractivity contribution in [2.75, 3.05) is 18.6 Å². The second-order valence-electron chi connectivity index (χ2n) is 7.88. The summed E-state index contributed by atoms with van der Waals surface area (Å²) in [5, 5.41) is 1.56. The Bertz CT molecular complexity index is 1360. The number of hydrogen-bond donors (Lipinski definition) is 0. The summed E-state index contributed by atoms with van der Waals surface area (Å²) >= 11 is 6.10. The lowest BCUT2D eigenvalue weighted by Crippen LogP contribution is -2.39. The zero-order chi connectivity index (χ0) is 22.9. The van der Waals surface area contributed by atoms with E-state index in [2.05, 4.69) is 15.0 Å². The van der Waals surface area contributed by atoms with E-state index in [1.54, 1.807) is 35.5 Å². The number of anilines is 1. The monoisotopic (exact) mass is 462 g/mol. The molecule has 1 aliphatic heterocycles. The van der Waals surface area contributed by atoms with Crippen molar-refractivity contribution in [3.8, 4) is 17.0 Å². The summed E-state index contributed by atoms with van der Waals surface area (Å²) in [5.41, 5.74) is 2.79. The molecule has 0 N–H and O–H groups in total. The summed E-state index contributed by atoms with van der Waals surface area (Å²) in [6.45, 7) is 0.505. The lowest BCUT2D eigenvalue weighted by atomic mass is 9.90. The van der Waals surface area contributed by atoms with Gasteiger partial charge < -0.3 is 4.74 Å². The molecule has 2 aromatic heterocycles. The van der Waals surface area contributed by atoms with Crippen LogP contribution >= 0.6 is 11.6 Å². The molecular weight excluding hydrogens is 443 g/mol. The van der Waals surface area contributed by atoms with Crippen molar-refractivity contribution < 1.29 is 13.9 Å². The highest BCUT2D eigenvalue weighted by Crippen LogP contribution is 2.36. The fourth-order valence-electron chi connectivity index (χ4n) is 4.22. The van der Waals surface area contributed by atoms with E-state index in [1.165, 1.54) is 13.2 Å². The Balaban J connectivity index is 1.42. The third-order valence-corrected chi connectivity index (χ3v) is 6.11. The van der Waals surface area contributed by atoms with Gasteiger partial charge >= 0.3 is 0 Å². The molecule has 4 aromatic rings. The molecule has 6 nitrogen and oxygen atoms in total. The molecule has 33 heavy (non-hydrogen) atoms. The van der Waals surface area contributed by atoms with Gasteiger partial charge in [-0.2, -0.15) is 0 Å². The molecule has 0 bridgehead atoms. The maximum Gasteiger partial charge on any atom is 0.228 e. The van der Waals surface area contributed by atoms with Gasteiger partial charge in [-0.1, -0.05) is 17.7 Å². The van der Waals surface area contributed by atoms with Gasteiger partial charge in [-0.05, 0) is 48.9 Å². The number of nitrogens with zero attached hydrogens (tertiary/aromatic N) is 4. The Morgan fingerprint density at radius 3 is 2.73 bits per heavy atom. The highest BCUT2D eigenvalue weighted by Gasteiger charge is 2.31. The van der Waals surface area contributed by atoms with Crippen molar-refractivity contribution >= 4 is 34.2 Å². The van der Waals surface area contributed by atoms with Crippen LogP contribution in [0.4, 0.5) is 10.2 Å². The number of fused-ring (bicyclic) bond motifs is 1. The molecule has 1 aliphatic rings. The highest BCUT2D eigenvalue weighted by atomic mass is 35.5. The lowest BCUT2D eigenvalue weighted by molar-refractivity contribution is -0.120. The maximum atomic E-state index is 13.9. The zero-order valence-corrected chi connectivity index (χ0v) is 18.6. The molecule has 2 aromatic carbocycles. The molecule has 1 atom stereocenters. The molecule has 0 spiro atoms. The van der Waals surface area contributed by atoms with Gasteiger partial charge in [0.15, 0.2) is 11.6 Å². The van der Waals surface area contributed by atoms with E-state index in [0.29, 0.717) is 35.1 Å². The fourth-order valence-corrected chi connectivity index (χ4v) is 4.38. The van der Waals surface area contributed by atoms with Gasteiger partial charge in [0.25, 0.3) is 0 Å². The van der Waals surface area contributed by atoms with Crippen LogP contribution in [-0.4, -0.2) is 34.5 Å². The second-order valence-corrected chi connectivity index (χ2v) is 8.32. The number of benzene rings is 2. The van der Waals surface area contributed by atoms with Crippen LogP contribution < -0.4 is 9.64 Å². The van der Waals surface area contributed by atoms with Gasteiger partial charge in [-0.25, -0.2) is 9.37 Å². The van der Waals surface area contributed by atoms with E-state index in [9.17, 15) is 9.18 Å². The topological polar surface area (TPSA) is 68.2 Å². The minimum absolute atomic E-state index is 0.0339. The van der Waals surface area contributed by atoms with Crippen LogP contribution in [0, 0.1) is 5.82 Å². The predicted molar refractivity (Wildman–Crippen MR) is 125 cm³/mol. The summed E-state index contributed by atoms with van der Waals surface area (Å²) in [5.74, 6) is 0.157. The van der Waals surface area contributed by atoms with Gasteiger partial charge in [0.05, 0.1) is 24.0 Å². The first-order valence-corrected chi connectivity index (χ1v) is 10.9. The molecule has 166 valence electrons. The third kappa shape index (κ3) is 4.12. The summed E-state index contributed by atoms with van der Waals surface area (Å²) in [6.07, 6.45) is 4.19. The number of hydrogen-bond acceptors (Lipinski definition) is 5. The SMILES string of the molecule is COc1cc(-c2nccnc2C2CCN(c3ccc4ccc(Cl)cc4n3)C(=O)C2)ccc1F. The number of rotatable bonds is 4. The van der Waals surface area contributed by atoms with Gasteiger partial charge in [-0.3, -0.25) is 19.7 Å². The molecule has 5 rings (SSSR count). The Labute approximate surface area is 195 Å². The average Bonchev–Trinajstić information content (AvgIpc) is 2.84. The van der Waals surface area contributed by atoms with E-state index in [-0.39, 0.29) is 24.0 Å². The Hall–Kier alpha value is -3.58. The van der Waals surface area contributed by atoms with Crippen molar-refractivity contribution in [2.24, 2.45) is 0 Å². The number of pyridine rings is 1. The van der Waals surface area contributed by atoms with Crippen LogP contribution in [0.25, 0.3) is 22.2 Å². The normalized spacial score (nSPS) is 16.3. The van der Waals surface area contributed by atoms with E-state index in [1.807, 2.05) is 24.3 Å². The Kier molecular flexibility index (Phi) is 5.64. The fraction of sp³-hybridized carbons (Fsp3) is 0.200. The van der Waals surface area contributed by atoms with Crippen molar-refractivity contribution in [1.82, 2.24) is 15.0 Å². The number of carbonyl (C=O) groups excluding carboxylic acids is 1. The molecular formula is C25H20ClFN4O2. The molecule has 1 unspecified atom stereocenters. The van der Waals surface area contributed by atoms with Crippen molar-refractivity contribution in [3.05, 3.63) is 77.5 Å². The number of piperidine rings is 1. The average molecular weight is 463 g/mol. The number of methoxy groups -OCH3 is 1. The predicted octanol–water partition coefficient (Wildman–Crippen LogP) is 5.40. The molecule has 1 amide bonds. The van der Waals surface area contributed by atoms with E-state index in [0.717, 1.165) is 16.6 Å². The minimum Gasteiger partial charge on any atom is -0.494 e. The highest BCUT2D eigenvalue weighted by molar-refractivity contribution is 6.31. The second kappa shape index (κ2) is 8.75. The third-order valence-electron chi connectivity index (χ3n) is 5.88. The smallest absolute Gasteiger partial charge is 0.228 e. The maximum absolute atomic E-state index is 13.9. The number of carbonyl (C=O) groups is 1. The summed E-state index contributed by atoms with van der Waals surface area (Å²) < 4.78 is 19.0. The molecule has 8 heteroatoms. The molecule has 1 saturated heterocycles. The standard InChI is InChI=1S/C25H20ClFN4O2/c1-33-21-12-16(3-6-19(21)27)24-25(29-10-9-28-24)17-8-11-31(23(32)13-17)22-7-4-15-2-5-18(26)14-20(15)30-22/h2-7,9-10,12,14,17H,8,11,13H2,1H3. The lowest BCUT2D eigenvalue weighted by Gasteiger charge is -2.31. The van der Waals surface area contributed by atoms with Gasteiger partial charge in [0, 0.05) is 47.2 Å². The largest absolute Gasteiger partial charge is 0.494 e. The first kappa shape index (κ1) is 21.3. The minimum atomic E-state index is -0.445. The molecule has 1 fully saturated rings. The van der Waals surface area contributed by atoms with Crippen molar-refractivity contribution in [3.63, 3.8) is 0 Å². The number of aromatic nitrogens is 3. The van der Waals surface area contributed by atoms with Crippen LogP contribution in [0.2, 0.25) is 5.02 Å². The van der Waals surface area contributed by atoms with Gasteiger partial charge in [0.1, 0.15) is 5.82 Å². The number of halogens is 2. The van der Waals surface area contributed by atoms with E-state index in [4.69, 9.17) is 16.3 Å².